The van der Waals surface area contributed by atoms with E-state index in [0.717, 1.165) is 12.0 Å². The SMILES string of the molecule is COc1ccc(CCN2C(=O)CC3CC(C)CC32O)cc1OC. The topological polar surface area (TPSA) is 59.0 Å². The zero-order valence-corrected chi connectivity index (χ0v) is 14.0. The molecule has 1 N–H and O–H groups in total. The van der Waals surface area contributed by atoms with Gasteiger partial charge in [-0.25, -0.2) is 0 Å². The van der Waals surface area contributed by atoms with E-state index in [1.807, 2.05) is 18.2 Å². The van der Waals surface area contributed by atoms with E-state index in [-0.39, 0.29) is 11.8 Å². The Labute approximate surface area is 137 Å². The minimum absolute atomic E-state index is 0.0740. The number of aliphatic hydroxyl groups is 1. The summed E-state index contributed by atoms with van der Waals surface area (Å²) in [6.07, 6.45) is 2.80. The lowest BCUT2D eigenvalue weighted by atomic mass is 10.0. The second-order valence-corrected chi connectivity index (χ2v) is 6.81. The molecule has 3 atom stereocenters. The number of amides is 1. The molecule has 23 heavy (non-hydrogen) atoms. The number of methoxy groups -OCH3 is 2. The quantitative estimate of drug-likeness (QED) is 0.904. The Morgan fingerprint density at radius 1 is 1.30 bits per heavy atom. The van der Waals surface area contributed by atoms with Gasteiger partial charge in [0.05, 0.1) is 14.2 Å². The summed E-state index contributed by atoms with van der Waals surface area (Å²) in [4.78, 5) is 14.0. The van der Waals surface area contributed by atoms with Crippen LogP contribution in [0.2, 0.25) is 0 Å². The number of ether oxygens (including phenoxy) is 2. The molecule has 0 radical (unpaired) electrons. The van der Waals surface area contributed by atoms with Crippen molar-refractivity contribution < 1.29 is 19.4 Å². The highest BCUT2D eigenvalue weighted by molar-refractivity contribution is 5.80. The summed E-state index contributed by atoms with van der Waals surface area (Å²) in [7, 11) is 3.22. The van der Waals surface area contributed by atoms with Crippen LogP contribution >= 0.6 is 0 Å². The van der Waals surface area contributed by atoms with Crippen molar-refractivity contribution >= 4 is 5.91 Å². The highest BCUT2D eigenvalue weighted by Gasteiger charge is 2.55. The fourth-order valence-corrected chi connectivity index (χ4v) is 4.15. The van der Waals surface area contributed by atoms with Crippen LogP contribution < -0.4 is 9.47 Å². The number of hydrogen-bond acceptors (Lipinski definition) is 4. The van der Waals surface area contributed by atoms with Gasteiger partial charge in [0.2, 0.25) is 5.91 Å². The summed E-state index contributed by atoms with van der Waals surface area (Å²) in [6, 6.07) is 5.77. The van der Waals surface area contributed by atoms with Crippen LogP contribution in [0, 0.1) is 11.8 Å². The highest BCUT2D eigenvalue weighted by atomic mass is 16.5. The first-order valence-corrected chi connectivity index (χ1v) is 8.21. The molecule has 126 valence electrons. The summed E-state index contributed by atoms with van der Waals surface area (Å²) < 4.78 is 10.6. The van der Waals surface area contributed by atoms with Gasteiger partial charge in [-0.2, -0.15) is 0 Å². The van der Waals surface area contributed by atoms with Crippen LogP contribution in [0.1, 0.15) is 31.7 Å². The van der Waals surface area contributed by atoms with Gasteiger partial charge in [0, 0.05) is 18.9 Å². The standard InChI is InChI=1S/C18H25NO4/c1-12-8-14-10-17(20)19(18(14,21)11-12)7-6-13-4-5-15(22-2)16(9-13)23-3/h4-5,9,12,14,21H,6-8,10-11H2,1-3H3. The van der Waals surface area contributed by atoms with E-state index in [2.05, 4.69) is 6.92 Å². The number of hydrogen-bond donors (Lipinski definition) is 1. The van der Waals surface area contributed by atoms with E-state index in [0.29, 0.717) is 43.2 Å². The van der Waals surface area contributed by atoms with E-state index in [4.69, 9.17) is 9.47 Å². The van der Waals surface area contributed by atoms with Gasteiger partial charge in [0.25, 0.3) is 0 Å². The molecule has 5 nitrogen and oxygen atoms in total. The lowest BCUT2D eigenvalue weighted by molar-refractivity contribution is -0.147. The van der Waals surface area contributed by atoms with Crippen molar-refractivity contribution in [2.45, 2.75) is 38.3 Å². The average Bonchev–Trinajstić information content (AvgIpc) is 2.92. The zero-order chi connectivity index (χ0) is 16.6. The van der Waals surface area contributed by atoms with E-state index in [1.165, 1.54) is 0 Å². The molecular weight excluding hydrogens is 294 g/mol. The molecular formula is C18H25NO4. The van der Waals surface area contributed by atoms with Crippen LogP contribution in [-0.2, 0) is 11.2 Å². The van der Waals surface area contributed by atoms with Crippen LogP contribution in [0.15, 0.2) is 18.2 Å². The predicted octanol–water partition coefficient (Wildman–Crippen LogP) is 2.21. The Kier molecular flexibility index (Phi) is 4.23. The molecule has 3 rings (SSSR count). The number of nitrogens with zero attached hydrogens (tertiary/aromatic N) is 1. The smallest absolute Gasteiger partial charge is 0.225 e. The molecule has 1 aromatic rings. The lowest BCUT2D eigenvalue weighted by Gasteiger charge is -2.34. The fourth-order valence-electron chi connectivity index (χ4n) is 4.15. The molecule has 1 heterocycles. The Balaban J connectivity index is 1.71. The lowest BCUT2D eigenvalue weighted by Crippen LogP contribution is -2.47. The molecule has 1 saturated carbocycles. The van der Waals surface area contributed by atoms with Crippen LogP contribution in [0.25, 0.3) is 0 Å². The third-order valence-electron chi connectivity index (χ3n) is 5.25. The van der Waals surface area contributed by atoms with Crippen molar-refractivity contribution in [3.05, 3.63) is 23.8 Å². The molecule has 1 aliphatic carbocycles. The van der Waals surface area contributed by atoms with Gasteiger partial charge in [-0.05, 0) is 42.9 Å². The molecule has 2 fully saturated rings. The maximum absolute atomic E-state index is 12.3. The molecule has 3 unspecified atom stereocenters. The van der Waals surface area contributed by atoms with Crippen molar-refractivity contribution in [1.82, 2.24) is 4.90 Å². The minimum atomic E-state index is -0.937. The molecule has 1 aromatic carbocycles. The Bertz CT molecular complexity index is 603. The summed E-state index contributed by atoms with van der Waals surface area (Å²) in [5.41, 5.74) is 0.126. The van der Waals surface area contributed by atoms with Gasteiger partial charge in [-0.3, -0.25) is 4.79 Å². The first-order chi connectivity index (χ1) is 11.0. The molecule has 1 saturated heterocycles. The molecule has 1 amide bonds. The average molecular weight is 319 g/mol. The monoisotopic (exact) mass is 319 g/mol. The number of fused-ring (bicyclic) bond motifs is 1. The van der Waals surface area contributed by atoms with Gasteiger partial charge < -0.3 is 19.5 Å². The summed E-state index contributed by atoms with van der Waals surface area (Å²) in [5.74, 6) is 2.02. The van der Waals surface area contributed by atoms with Crippen LogP contribution in [0.5, 0.6) is 11.5 Å². The largest absolute Gasteiger partial charge is 0.493 e. The maximum Gasteiger partial charge on any atom is 0.225 e. The van der Waals surface area contributed by atoms with Crippen molar-refractivity contribution in [2.24, 2.45) is 11.8 Å². The predicted molar refractivity (Wildman–Crippen MR) is 86.4 cm³/mol. The van der Waals surface area contributed by atoms with Crippen molar-refractivity contribution in [2.75, 3.05) is 20.8 Å². The Morgan fingerprint density at radius 2 is 2.04 bits per heavy atom. The molecule has 0 bridgehead atoms. The van der Waals surface area contributed by atoms with E-state index in [1.54, 1.807) is 19.1 Å². The minimum Gasteiger partial charge on any atom is -0.493 e. The molecule has 5 heteroatoms. The maximum atomic E-state index is 12.3. The third kappa shape index (κ3) is 2.78. The summed E-state index contributed by atoms with van der Waals surface area (Å²) in [6.45, 7) is 2.68. The number of benzene rings is 1. The third-order valence-corrected chi connectivity index (χ3v) is 5.25. The number of likely N-dealkylation sites (tertiary alicyclic amines) is 1. The number of carbonyl (C=O) groups excluding carboxylic acids is 1. The van der Waals surface area contributed by atoms with Gasteiger partial charge in [0.15, 0.2) is 11.5 Å². The Hall–Kier alpha value is -1.75. The molecule has 0 spiro atoms. The van der Waals surface area contributed by atoms with Crippen molar-refractivity contribution in [1.29, 1.82) is 0 Å². The van der Waals surface area contributed by atoms with Gasteiger partial charge >= 0.3 is 0 Å². The van der Waals surface area contributed by atoms with Crippen molar-refractivity contribution in [3.63, 3.8) is 0 Å². The van der Waals surface area contributed by atoms with Crippen LogP contribution in [0.4, 0.5) is 0 Å². The molecule has 0 aromatic heterocycles. The van der Waals surface area contributed by atoms with E-state index in [9.17, 15) is 9.90 Å². The number of rotatable bonds is 5. The Morgan fingerprint density at radius 3 is 2.74 bits per heavy atom. The first kappa shape index (κ1) is 16.1. The summed E-state index contributed by atoms with van der Waals surface area (Å²) in [5, 5.41) is 11.0. The normalized spacial score (nSPS) is 29.7. The highest BCUT2D eigenvalue weighted by Crippen LogP contribution is 2.48. The van der Waals surface area contributed by atoms with Gasteiger partial charge in [-0.1, -0.05) is 13.0 Å². The zero-order valence-electron chi connectivity index (χ0n) is 14.0. The second-order valence-electron chi connectivity index (χ2n) is 6.81. The van der Waals surface area contributed by atoms with Crippen LogP contribution in [-0.4, -0.2) is 42.4 Å². The van der Waals surface area contributed by atoms with Crippen molar-refractivity contribution in [3.8, 4) is 11.5 Å². The number of carbonyl (C=O) groups is 1. The van der Waals surface area contributed by atoms with Gasteiger partial charge in [-0.15, -0.1) is 0 Å². The first-order valence-electron chi connectivity index (χ1n) is 8.21. The van der Waals surface area contributed by atoms with E-state index < -0.39 is 5.72 Å². The summed E-state index contributed by atoms with van der Waals surface area (Å²) >= 11 is 0. The fraction of sp³-hybridized carbons (Fsp3) is 0.611. The van der Waals surface area contributed by atoms with Gasteiger partial charge in [0.1, 0.15) is 5.72 Å². The molecule has 1 aliphatic heterocycles. The van der Waals surface area contributed by atoms with E-state index >= 15 is 0 Å². The van der Waals surface area contributed by atoms with Crippen LogP contribution in [0.3, 0.4) is 0 Å². The molecule has 2 aliphatic rings. The second kappa shape index (κ2) is 6.04.